The van der Waals surface area contributed by atoms with Gasteiger partial charge in [-0.3, -0.25) is 15.6 Å². The van der Waals surface area contributed by atoms with Crippen molar-refractivity contribution in [1.82, 2.24) is 30.7 Å². The molecule has 0 bridgehead atoms. The first kappa shape index (κ1) is 15.9. The van der Waals surface area contributed by atoms with E-state index in [0.717, 1.165) is 24.0 Å². The molecule has 1 aliphatic rings. The van der Waals surface area contributed by atoms with Gasteiger partial charge in [-0.2, -0.15) is 15.0 Å². The van der Waals surface area contributed by atoms with Crippen molar-refractivity contribution >= 4 is 16.9 Å². The molecular weight excluding hydrogens is 292 g/mol. The third-order valence-corrected chi connectivity index (χ3v) is 4.65. The zero-order valence-electron chi connectivity index (χ0n) is 13.9. The molecule has 1 amide bonds. The maximum atomic E-state index is 12.4. The average molecular weight is 316 g/mol. The molecule has 124 valence electrons. The van der Waals surface area contributed by atoms with Crippen molar-refractivity contribution in [2.24, 2.45) is 5.92 Å². The average Bonchev–Trinajstić information content (AvgIpc) is 3.08. The molecule has 1 saturated heterocycles. The van der Waals surface area contributed by atoms with Crippen LogP contribution in [0.3, 0.4) is 0 Å². The lowest BCUT2D eigenvalue weighted by Gasteiger charge is -2.22. The molecular formula is C16H24N6O. The summed E-state index contributed by atoms with van der Waals surface area (Å²) in [6.07, 6.45) is 0.971. The number of hydrogen-bond donors (Lipinski definition) is 2. The number of carbonyl (C=O) groups excluding carboxylic acids is 1. The van der Waals surface area contributed by atoms with Crippen LogP contribution in [0, 0.1) is 5.92 Å². The Labute approximate surface area is 136 Å². The van der Waals surface area contributed by atoms with Crippen LogP contribution in [0.2, 0.25) is 0 Å². The summed E-state index contributed by atoms with van der Waals surface area (Å²) in [5, 5.41) is 8.67. The summed E-state index contributed by atoms with van der Waals surface area (Å²) in [4.78, 5) is 15.6. The van der Waals surface area contributed by atoms with Gasteiger partial charge in [0.25, 0.3) is 0 Å². The summed E-state index contributed by atoms with van der Waals surface area (Å²) >= 11 is 0. The molecule has 2 atom stereocenters. The molecule has 0 spiro atoms. The highest BCUT2D eigenvalue weighted by Crippen LogP contribution is 2.18. The van der Waals surface area contributed by atoms with E-state index in [1.807, 2.05) is 31.3 Å². The SMILES string of the molecule is CC1NNC(C)C1CCN(C)C(=O)Cn1nc2ccccc2n1. The molecule has 1 fully saturated rings. The van der Waals surface area contributed by atoms with Gasteiger partial charge in [-0.25, -0.2) is 0 Å². The first-order valence-corrected chi connectivity index (χ1v) is 8.09. The van der Waals surface area contributed by atoms with Gasteiger partial charge in [-0.15, -0.1) is 0 Å². The van der Waals surface area contributed by atoms with Gasteiger partial charge in [-0.05, 0) is 38.3 Å². The molecule has 23 heavy (non-hydrogen) atoms. The summed E-state index contributed by atoms with van der Waals surface area (Å²) in [6, 6.07) is 8.48. The largest absolute Gasteiger partial charge is 0.344 e. The minimum absolute atomic E-state index is 0.0320. The number of nitrogens with one attached hydrogen (secondary N) is 2. The van der Waals surface area contributed by atoms with Gasteiger partial charge < -0.3 is 4.90 Å². The predicted octanol–water partition coefficient (Wildman–Crippen LogP) is 0.781. The number of rotatable bonds is 5. The molecule has 1 aromatic heterocycles. The molecule has 1 aromatic carbocycles. The fourth-order valence-corrected chi connectivity index (χ4v) is 3.09. The van der Waals surface area contributed by atoms with E-state index in [2.05, 4.69) is 34.9 Å². The van der Waals surface area contributed by atoms with Crippen LogP contribution in [0.15, 0.2) is 24.3 Å². The van der Waals surface area contributed by atoms with Gasteiger partial charge in [0, 0.05) is 25.7 Å². The monoisotopic (exact) mass is 316 g/mol. The van der Waals surface area contributed by atoms with Crippen molar-refractivity contribution in [1.29, 1.82) is 0 Å². The third kappa shape index (κ3) is 3.51. The normalized spacial score (nSPS) is 24.2. The van der Waals surface area contributed by atoms with Crippen LogP contribution in [0.1, 0.15) is 20.3 Å². The van der Waals surface area contributed by atoms with E-state index in [9.17, 15) is 4.79 Å². The number of fused-ring (bicyclic) bond motifs is 1. The second kappa shape index (κ2) is 6.64. The molecule has 7 nitrogen and oxygen atoms in total. The Hall–Kier alpha value is -1.99. The van der Waals surface area contributed by atoms with E-state index in [4.69, 9.17) is 0 Å². The zero-order valence-corrected chi connectivity index (χ0v) is 13.9. The Morgan fingerprint density at radius 3 is 2.30 bits per heavy atom. The summed E-state index contributed by atoms with van der Waals surface area (Å²) in [5.74, 6) is 0.556. The van der Waals surface area contributed by atoms with E-state index in [-0.39, 0.29) is 12.5 Å². The van der Waals surface area contributed by atoms with Gasteiger partial charge in [0.2, 0.25) is 5.91 Å². The lowest BCUT2D eigenvalue weighted by molar-refractivity contribution is -0.131. The summed E-state index contributed by atoms with van der Waals surface area (Å²) in [5.41, 5.74) is 8.13. The molecule has 7 heteroatoms. The number of hydrogen-bond acceptors (Lipinski definition) is 5. The van der Waals surface area contributed by atoms with Gasteiger partial charge >= 0.3 is 0 Å². The Balaban J connectivity index is 1.55. The van der Waals surface area contributed by atoms with Gasteiger partial charge in [-0.1, -0.05) is 12.1 Å². The number of carbonyl (C=O) groups is 1. The molecule has 0 radical (unpaired) electrons. The Morgan fingerprint density at radius 2 is 1.74 bits per heavy atom. The molecule has 0 saturated carbocycles. The number of likely N-dealkylation sites (N-methyl/N-ethyl adjacent to an activating group) is 1. The first-order valence-electron chi connectivity index (χ1n) is 8.09. The molecule has 2 unspecified atom stereocenters. The smallest absolute Gasteiger partial charge is 0.245 e. The number of hydrazine groups is 1. The van der Waals surface area contributed by atoms with E-state index >= 15 is 0 Å². The van der Waals surface area contributed by atoms with Crippen molar-refractivity contribution in [3.05, 3.63) is 24.3 Å². The molecule has 3 rings (SSSR count). The van der Waals surface area contributed by atoms with Gasteiger partial charge in [0.1, 0.15) is 17.6 Å². The molecule has 2 heterocycles. The van der Waals surface area contributed by atoms with Crippen molar-refractivity contribution in [3.63, 3.8) is 0 Å². The molecule has 2 N–H and O–H groups in total. The van der Waals surface area contributed by atoms with E-state index in [0.29, 0.717) is 18.0 Å². The van der Waals surface area contributed by atoms with Crippen LogP contribution < -0.4 is 10.9 Å². The number of benzene rings is 1. The minimum Gasteiger partial charge on any atom is -0.344 e. The van der Waals surface area contributed by atoms with Crippen molar-refractivity contribution in [2.45, 2.75) is 38.9 Å². The Bertz CT molecular complexity index is 641. The second-order valence-electron chi connectivity index (χ2n) is 6.35. The highest BCUT2D eigenvalue weighted by atomic mass is 16.2. The van der Waals surface area contributed by atoms with Crippen molar-refractivity contribution in [2.75, 3.05) is 13.6 Å². The molecule has 1 aliphatic heterocycles. The van der Waals surface area contributed by atoms with Crippen LogP contribution in [-0.2, 0) is 11.3 Å². The van der Waals surface area contributed by atoms with Crippen LogP contribution >= 0.6 is 0 Å². The van der Waals surface area contributed by atoms with E-state index in [1.54, 1.807) is 4.90 Å². The lowest BCUT2D eigenvalue weighted by Crippen LogP contribution is -2.34. The highest BCUT2D eigenvalue weighted by Gasteiger charge is 2.29. The predicted molar refractivity (Wildman–Crippen MR) is 88.5 cm³/mol. The first-order chi connectivity index (χ1) is 11.0. The zero-order chi connectivity index (χ0) is 16.4. The van der Waals surface area contributed by atoms with E-state index in [1.165, 1.54) is 4.80 Å². The standard InChI is InChI=1S/C16H24N6O/c1-11-13(12(2)18-17-11)8-9-21(3)16(23)10-22-19-14-6-4-5-7-15(14)20-22/h4-7,11-13,17-18H,8-10H2,1-3H3. The quantitative estimate of drug-likeness (QED) is 0.853. The second-order valence-corrected chi connectivity index (χ2v) is 6.35. The van der Waals surface area contributed by atoms with Crippen LogP contribution in [0.25, 0.3) is 11.0 Å². The highest BCUT2D eigenvalue weighted by molar-refractivity contribution is 5.77. The lowest BCUT2D eigenvalue weighted by atomic mass is 9.93. The number of nitrogens with zero attached hydrogens (tertiary/aromatic N) is 4. The Morgan fingerprint density at radius 1 is 1.17 bits per heavy atom. The van der Waals surface area contributed by atoms with Crippen LogP contribution in [0.4, 0.5) is 0 Å². The summed E-state index contributed by atoms with van der Waals surface area (Å²) in [7, 11) is 1.84. The topological polar surface area (TPSA) is 75.1 Å². The van der Waals surface area contributed by atoms with Gasteiger partial charge in [0.15, 0.2) is 0 Å². The van der Waals surface area contributed by atoms with Crippen LogP contribution in [-0.4, -0.2) is 51.5 Å². The number of amides is 1. The third-order valence-electron chi connectivity index (χ3n) is 4.65. The van der Waals surface area contributed by atoms with Crippen molar-refractivity contribution < 1.29 is 4.79 Å². The summed E-state index contributed by atoms with van der Waals surface area (Å²) in [6.45, 7) is 5.25. The maximum Gasteiger partial charge on any atom is 0.245 e. The van der Waals surface area contributed by atoms with Crippen LogP contribution in [0.5, 0.6) is 0 Å². The van der Waals surface area contributed by atoms with Gasteiger partial charge in [0.05, 0.1) is 0 Å². The van der Waals surface area contributed by atoms with Crippen molar-refractivity contribution in [3.8, 4) is 0 Å². The number of aromatic nitrogens is 3. The van der Waals surface area contributed by atoms with E-state index < -0.39 is 0 Å². The minimum atomic E-state index is 0.0320. The fraction of sp³-hybridized carbons (Fsp3) is 0.562. The summed E-state index contributed by atoms with van der Waals surface area (Å²) < 4.78 is 0. The Kier molecular flexibility index (Phi) is 4.58. The fourth-order valence-electron chi connectivity index (χ4n) is 3.09. The molecule has 2 aromatic rings. The molecule has 0 aliphatic carbocycles. The maximum absolute atomic E-state index is 12.4.